The smallest absolute Gasteiger partial charge is 0.144 e. The molecular weight excluding hydrogens is 1190 g/mol. The lowest BCUT2D eigenvalue weighted by Crippen LogP contribution is -2.55. The number of benzene rings is 4. The predicted octanol–water partition coefficient (Wildman–Crippen LogP) is 14.2. The van der Waals surface area contributed by atoms with Crippen molar-refractivity contribution in [3.05, 3.63) is 139 Å². The molecule has 4 aromatic rings. The summed E-state index contributed by atoms with van der Waals surface area (Å²) in [7, 11) is 0. The van der Waals surface area contributed by atoms with Gasteiger partial charge in [-0.25, -0.2) is 0 Å². The van der Waals surface area contributed by atoms with E-state index in [1.807, 2.05) is 152 Å². The monoisotopic (exact) mass is 1290 g/mol. The van der Waals surface area contributed by atoms with Gasteiger partial charge in [-0.05, 0) is 126 Å². The molecule has 4 fully saturated rings. The fourth-order valence-electron chi connectivity index (χ4n) is 12.9. The number of morpholine rings is 2. The molecule has 0 unspecified atom stereocenters. The van der Waals surface area contributed by atoms with Crippen molar-refractivity contribution < 1.29 is 28.7 Å². The maximum Gasteiger partial charge on any atom is 0.144 e. The first-order chi connectivity index (χ1) is 41.5. The Kier molecular flexibility index (Phi) is 31.2. The third kappa shape index (κ3) is 24.8. The van der Waals surface area contributed by atoms with Gasteiger partial charge in [-0.2, -0.15) is 0 Å². The molecule has 4 heterocycles. The van der Waals surface area contributed by atoms with Crippen LogP contribution in [0.4, 0.5) is 0 Å². The van der Waals surface area contributed by atoms with Gasteiger partial charge in [-0.3, -0.25) is 38.8 Å². The number of ether oxygens (including phenoxy) is 2. The number of nitrogens with zero attached hydrogens (tertiary/aromatic N) is 4. The van der Waals surface area contributed by atoms with Gasteiger partial charge in [0.1, 0.15) is 23.1 Å². The van der Waals surface area contributed by atoms with Gasteiger partial charge >= 0.3 is 0 Å². The number of ketones is 4. The van der Waals surface area contributed by atoms with Crippen LogP contribution in [0, 0.1) is 23.7 Å². The normalized spacial score (nSPS) is 24.5. The minimum atomic E-state index is -0.102. The zero-order valence-electron chi connectivity index (χ0n) is 55.7. The molecule has 488 valence electrons. The summed E-state index contributed by atoms with van der Waals surface area (Å²) in [5.74, 6) is 0.963. The van der Waals surface area contributed by atoms with Gasteiger partial charge in [0, 0.05) is 146 Å². The topological polar surface area (TPSA) is 124 Å². The van der Waals surface area contributed by atoms with Crippen LogP contribution in [-0.4, -0.2) is 170 Å². The van der Waals surface area contributed by atoms with Crippen LogP contribution in [-0.2, 0) is 28.7 Å². The molecule has 88 heavy (non-hydrogen) atoms. The number of halogens is 4. The average molecular weight is 1290 g/mol. The van der Waals surface area contributed by atoms with Crippen molar-refractivity contribution in [1.29, 1.82) is 0 Å². The van der Waals surface area contributed by atoms with Gasteiger partial charge in [0.25, 0.3) is 0 Å². The molecule has 0 aliphatic carbocycles. The fourth-order valence-corrected chi connectivity index (χ4v) is 13.4. The van der Waals surface area contributed by atoms with Crippen LogP contribution in [0.25, 0.3) is 0 Å². The molecule has 0 saturated carbocycles. The van der Waals surface area contributed by atoms with E-state index in [2.05, 4.69) is 85.6 Å². The Hall–Kier alpha value is -3.60. The summed E-state index contributed by atoms with van der Waals surface area (Å²) in [6, 6.07) is 32.6. The number of piperazine rings is 2. The molecule has 0 bridgehead atoms. The van der Waals surface area contributed by atoms with Crippen LogP contribution in [0.5, 0.6) is 0 Å². The minimum absolute atomic E-state index is 0.0246. The van der Waals surface area contributed by atoms with E-state index in [9.17, 15) is 19.2 Å². The Bertz CT molecular complexity index is 2340. The molecule has 8 rings (SSSR count). The molecule has 4 saturated heterocycles. The Morgan fingerprint density at radius 2 is 0.511 bits per heavy atom. The fraction of sp³-hybridized carbons (Fsp3) is 0.611. The number of nitrogens with one attached hydrogen (secondary N) is 2. The molecule has 16 heteroatoms. The average Bonchev–Trinajstić information content (AvgIpc) is 3.65. The maximum atomic E-state index is 12.7. The molecule has 4 aliphatic heterocycles. The largest absolute Gasteiger partial charge is 0.373 e. The second-order valence-corrected chi connectivity index (χ2v) is 28.7. The van der Waals surface area contributed by atoms with Crippen molar-refractivity contribution in [2.45, 2.75) is 183 Å². The van der Waals surface area contributed by atoms with Crippen molar-refractivity contribution in [3.63, 3.8) is 0 Å². The number of carbonyl (C=O) groups is 4. The van der Waals surface area contributed by atoms with Crippen LogP contribution in [0.2, 0.25) is 20.1 Å². The highest BCUT2D eigenvalue weighted by Gasteiger charge is 2.34. The van der Waals surface area contributed by atoms with Crippen LogP contribution in [0.15, 0.2) is 97.1 Å². The van der Waals surface area contributed by atoms with E-state index in [0.717, 1.165) is 101 Å². The zero-order chi connectivity index (χ0) is 65.1. The molecule has 12 nitrogen and oxygen atoms in total. The Morgan fingerprint density at radius 3 is 0.682 bits per heavy atom. The quantitative estimate of drug-likeness (QED) is 0.0876. The molecule has 2 N–H and O–H groups in total. The standard InChI is InChI=1S/2C18H27ClN2O.2C18H26ClNO2/c2*1-12(2)18(22)17(15-5-7-16(19)8-6-15)11-21-9-13(3)20-14(4)10-21;2*1-12(2)18(21)17(15-5-7-16(19)8-6-15)11-20-9-13(3)22-14(4)10-20/h2*5-8,12-14,17,20H,9-11H2,1-4H3;2*5-8,12-14,17H,9-11H2,1-4H3/t4*13-,14+,17-/m1010/s1. The van der Waals surface area contributed by atoms with Crippen molar-refractivity contribution in [1.82, 2.24) is 30.2 Å². The molecule has 12 atom stereocenters. The lowest BCUT2D eigenvalue weighted by Gasteiger charge is -2.38. The molecule has 0 radical (unpaired) electrons. The van der Waals surface area contributed by atoms with Gasteiger partial charge in [-0.15, -0.1) is 0 Å². The lowest BCUT2D eigenvalue weighted by molar-refractivity contribution is -0.125. The summed E-state index contributed by atoms with van der Waals surface area (Å²) >= 11 is 23.9. The molecule has 0 aromatic heterocycles. The highest BCUT2D eigenvalue weighted by molar-refractivity contribution is 6.31. The number of carbonyl (C=O) groups excluding carboxylic acids is 4. The predicted molar refractivity (Wildman–Crippen MR) is 366 cm³/mol. The van der Waals surface area contributed by atoms with E-state index < -0.39 is 0 Å². The second kappa shape index (κ2) is 36.6. The first-order valence-corrected chi connectivity index (χ1v) is 33.9. The maximum absolute atomic E-state index is 12.7. The van der Waals surface area contributed by atoms with Crippen LogP contribution in [0.1, 0.15) is 157 Å². The van der Waals surface area contributed by atoms with Crippen LogP contribution >= 0.6 is 46.4 Å². The molecule has 0 spiro atoms. The number of hydrogen-bond acceptors (Lipinski definition) is 12. The van der Waals surface area contributed by atoms with Crippen molar-refractivity contribution in [2.75, 3.05) is 78.5 Å². The number of rotatable bonds is 20. The zero-order valence-corrected chi connectivity index (χ0v) is 58.7. The van der Waals surface area contributed by atoms with Gasteiger partial charge in [0.05, 0.1) is 48.1 Å². The first-order valence-electron chi connectivity index (χ1n) is 32.4. The number of hydrogen-bond donors (Lipinski definition) is 2. The SMILES string of the molecule is CC(C)C(=O)[C@@H](CN1C[C@@H](C)N[C@@H](C)C1)c1ccc(Cl)cc1.CC(C)C(=O)[C@@H](CN1C[C@@H](C)O[C@@H](C)C1)c1ccc(Cl)cc1.CC(C)C(=O)[C@H](CN1C[C@@H](C)N[C@@H](C)C1)c1ccc(Cl)cc1.CC(C)C(=O)[C@H](CN1C[C@@H](C)O[C@@H](C)C1)c1ccc(Cl)cc1. The highest BCUT2D eigenvalue weighted by Crippen LogP contribution is 2.30. The van der Waals surface area contributed by atoms with Crippen molar-refractivity contribution >= 4 is 69.5 Å². The molecule has 0 amide bonds. The summed E-state index contributed by atoms with van der Waals surface area (Å²) in [5.41, 5.74) is 4.24. The Labute approximate surface area is 549 Å². The molecule has 4 aliphatic rings. The summed E-state index contributed by atoms with van der Waals surface area (Å²) in [6.45, 7) is 43.4. The third-order valence-corrected chi connectivity index (χ3v) is 17.8. The summed E-state index contributed by atoms with van der Waals surface area (Å²) in [4.78, 5) is 60.2. The van der Waals surface area contributed by atoms with E-state index in [1.54, 1.807) is 0 Å². The van der Waals surface area contributed by atoms with Crippen LogP contribution in [0.3, 0.4) is 0 Å². The second-order valence-electron chi connectivity index (χ2n) is 27.0. The summed E-state index contributed by atoms with van der Waals surface area (Å²) < 4.78 is 11.6. The third-order valence-electron chi connectivity index (χ3n) is 16.8. The Balaban J connectivity index is 0.000000214. The van der Waals surface area contributed by atoms with Crippen molar-refractivity contribution in [2.24, 2.45) is 23.7 Å². The summed E-state index contributed by atoms with van der Waals surface area (Å²) in [5, 5.41) is 9.90. The van der Waals surface area contributed by atoms with E-state index >= 15 is 0 Å². The molecular formula is C72H106Cl4N6O6. The van der Waals surface area contributed by atoms with E-state index in [-0.39, 0.29) is 83.3 Å². The first kappa shape index (κ1) is 75.1. The van der Waals surface area contributed by atoms with Crippen molar-refractivity contribution in [3.8, 4) is 0 Å². The Morgan fingerprint density at radius 1 is 0.341 bits per heavy atom. The number of Topliss-reactive ketones (excluding diaryl/α,β-unsaturated/α-hetero) is 4. The van der Waals surface area contributed by atoms with E-state index in [4.69, 9.17) is 55.9 Å². The minimum Gasteiger partial charge on any atom is -0.373 e. The van der Waals surface area contributed by atoms with Gasteiger partial charge in [0.15, 0.2) is 0 Å². The highest BCUT2D eigenvalue weighted by atomic mass is 35.5. The lowest BCUT2D eigenvalue weighted by atomic mass is 9.88. The molecule has 4 aromatic carbocycles. The van der Waals surface area contributed by atoms with E-state index in [1.165, 1.54) is 0 Å². The van der Waals surface area contributed by atoms with Crippen LogP contribution < -0.4 is 10.6 Å². The van der Waals surface area contributed by atoms with E-state index in [0.29, 0.717) is 55.8 Å². The van der Waals surface area contributed by atoms with Gasteiger partial charge in [0.2, 0.25) is 0 Å². The van der Waals surface area contributed by atoms with Gasteiger partial charge < -0.3 is 20.1 Å². The summed E-state index contributed by atoms with van der Waals surface area (Å²) in [6.07, 6.45) is 0.847. The van der Waals surface area contributed by atoms with Gasteiger partial charge in [-0.1, -0.05) is 150 Å².